The van der Waals surface area contributed by atoms with Crippen molar-refractivity contribution < 1.29 is 9.90 Å². The highest BCUT2D eigenvalue weighted by Crippen LogP contribution is 2.36. The molecule has 3 heterocycles. The van der Waals surface area contributed by atoms with Gasteiger partial charge in [0.25, 0.3) is 0 Å². The summed E-state index contributed by atoms with van der Waals surface area (Å²) in [7, 11) is 1.94. The topological polar surface area (TPSA) is 74.5 Å². The molecule has 2 aromatic rings. The van der Waals surface area contributed by atoms with E-state index in [9.17, 15) is 9.90 Å². The van der Waals surface area contributed by atoms with E-state index in [-0.39, 0.29) is 17.9 Å². The van der Waals surface area contributed by atoms with Crippen molar-refractivity contribution in [3.05, 3.63) is 41.5 Å². The summed E-state index contributed by atoms with van der Waals surface area (Å²) in [6, 6.07) is 2.10. The van der Waals surface area contributed by atoms with E-state index >= 15 is 0 Å². The second-order valence-electron chi connectivity index (χ2n) is 8.76. The molecule has 7 heteroatoms. The monoisotopic (exact) mass is 407 g/mol. The number of pyridine rings is 1. The molecule has 30 heavy (non-hydrogen) atoms. The Morgan fingerprint density at radius 2 is 1.90 bits per heavy atom. The van der Waals surface area contributed by atoms with Gasteiger partial charge in [0.05, 0.1) is 18.0 Å². The zero-order valence-electron chi connectivity index (χ0n) is 17.5. The fourth-order valence-electron chi connectivity index (χ4n) is 5.01. The van der Waals surface area contributed by atoms with Crippen molar-refractivity contribution >= 4 is 23.2 Å². The standard InChI is InChI=1S/C23H29N5O2/c1-26-15-18(14-25-26)17-12-20-21(13-17)24-7-6-22(20)27-8-10-28(11-9-27)23(30)16-2-4-19(29)5-3-16/h6-7,12,14-16,19,29H,2-5,8-11,13H2,1H3. The van der Waals surface area contributed by atoms with Crippen LogP contribution in [-0.2, 0) is 18.3 Å². The molecule has 0 atom stereocenters. The lowest BCUT2D eigenvalue weighted by Gasteiger charge is -2.39. The van der Waals surface area contributed by atoms with E-state index in [1.54, 1.807) is 0 Å². The molecule has 7 nitrogen and oxygen atoms in total. The molecular formula is C23H29N5O2. The summed E-state index contributed by atoms with van der Waals surface area (Å²) in [5.74, 6) is 0.371. The predicted molar refractivity (Wildman–Crippen MR) is 116 cm³/mol. The Labute approximate surface area is 177 Å². The third-order valence-corrected chi connectivity index (χ3v) is 6.78. The molecule has 1 N–H and O–H groups in total. The van der Waals surface area contributed by atoms with E-state index in [1.807, 2.05) is 35.2 Å². The first kappa shape index (κ1) is 19.3. The highest BCUT2D eigenvalue weighted by Gasteiger charge is 2.31. The lowest BCUT2D eigenvalue weighted by molar-refractivity contribution is -0.137. The first-order valence-corrected chi connectivity index (χ1v) is 11.0. The van der Waals surface area contributed by atoms with Gasteiger partial charge in [-0.15, -0.1) is 0 Å². The van der Waals surface area contributed by atoms with Gasteiger partial charge in [-0.3, -0.25) is 14.5 Å². The number of anilines is 1. The molecule has 5 rings (SSSR count). The maximum Gasteiger partial charge on any atom is 0.225 e. The van der Waals surface area contributed by atoms with E-state index in [2.05, 4.69) is 27.1 Å². The number of aliphatic hydroxyl groups is 1. The predicted octanol–water partition coefficient (Wildman–Crippen LogP) is 2.11. The lowest BCUT2D eigenvalue weighted by Crippen LogP contribution is -2.51. The fourth-order valence-corrected chi connectivity index (χ4v) is 5.01. The Morgan fingerprint density at radius 1 is 1.13 bits per heavy atom. The van der Waals surface area contributed by atoms with Crippen molar-refractivity contribution in [2.45, 2.75) is 38.2 Å². The molecule has 2 aromatic heterocycles. The summed E-state index contributed by atoms with van der Waals surface area (Å²) >= 11 is 0. The molecule has 1 aliphatic heterocycles. The van der Waals surface area contributed by atoms with E-state index in [0.29, 0.717) is 0 Å². The number of fused-ring (bicyclic) bond motifs is 1. The first-order chi connectivity index (χ1) is 14.6. The smallest absolute Gasteiger partial charge is 0.225 e. The van der Waals surface area contributed by atoms with Crippen molar-refractivity contribution in [3.63, 3.8) is 0 Å². The average molecular weight is 408 g/mol. The van der Waals surface area contributed by atoms with Gasteiger partial charge in [0.1, 0.15) is 0 Å². The van der Waals surface area contributed by atoms with Gasteiger partial charge in [-0.1, -0.05) is 0 Å². The normalized spacial score (nSPS) is 24.0. The van der Waals surface area contributed by atoms with Crippen LogP contribution in [0.4, 0.5) is 5.69 Å². The molecule has 1 saturated carbocycles. The number of hydrogen-bond acceptors (Lipinski definition) is 5. The molecule has 0 unspecified atom stereocenters. The van der Waals surface area contributed by atoms with Crippen molar-refractivity contribution in [2.24, 2.45) is 13.0 Å². The van der Waals surface area contributed by atoms with Crippen LogP contribution >= 0.6 is 0 Å². The number of amides is 1. The van der Waals surface area contributed by atoms with Crippen LogP contribution in [0.5, 0.6) is 0 Å². The van der Waals surface area contributed by atoms with E-state index in [0.717, 1.165) is 69.5 Å². The second-order valence-corrected chi connectivity index (χ2v) is 8.76. The Morgan fingerprint density at radius 3 is 2.60 bits per heavy atom. The first-order valence-electron chi connectivity index (χ1n) is 11.0. The van der Waals surface area contributed by atoms with Gasteiger partial charge >= 0.3 is 0 Å². The highest BCUT2D eigenvalue weighted by molar-refractivity contribution is 5.91. The molecular weight excluding hydrogens is 378 g/mol. The number of piperazine rings is 1. The van der Waals surface area contributed by atoms with Crippen molar-refractivity contribution in [1.29, 1.82) is 0 Å². The van der Waals surface area contributed by atoms with E-state index in [1.165, 1.54) is 16.8 Å². The number of rotatable bonds is 3. The Bertz CT molecular complexity index is 966. The van der Waals surface area contributed by atoms with Crippen LogP contribution in [0.15, 0.2) is 24.7 Å². The minimum absolute atomic E-state index is 0.0927. The zero-order valence-corrected chi connectivity index (χ0v) is 17.5. The molecule has 2 fully saturated rings. The van der Waals surface area contributed by atoms with Gasteiger partial charge in [0.15, 0.2) is 0 Å². The highest BCUT2D eigenvalue weighted by atomic mass is 16.3. The molecule has 1 saturated heterocycles. The van der Waals surface area contributed by atoms with Gasteiger partial charge < -0.3 is 14.9 Å². The minimum Gasteiger partial charge on any atom is -0.393 e. The number of aryl methyl sites for hydroxylation is 1. The SMILES string of the molecule is Cn1cc(C2=Cc3c(N4CCN(C(=O)C5CCC(O)CC5)CC4)ccnc3C2)cn1. The molecule has 0 aromatic carbocycles. The van der Waals surface area contributed by atoms with Crippen LogP contribution in [0.1, 0.15) is 42.5 Å². The Balaban J connectivity index is 1.27. The van der Waals surface area contributed by atoms with Gasteiger partial charge in [-0.05, 0) is 43.4 Å². The average Bonchev–Trinajstić information content (AvgIpc) is 3.40. The third kappa shape index (κ3) is 3.62. The minimum atomic E-state index is -0.218. The quantitative estimate of drug-likeness (QED) is 0.844. The number of hydrogen-bond donors (Lipinski definition) is 1. The van der Waals surface area contributed by atoms with Gasteiger partial charge in [-0.2, -0.15) is 5.10 Å². The number of aliphatic hydroxyl groups excluding tert-OH is 1. The maximum atomic E-state index is 12.9. The van der Waals surface area contributed by atoms with Gasteiger partial charge in [0, 0.05) is 74.8 Å². The summed E-state index contributed by atoms with van der Waals surface area (Å²) in [6.45, 7) is 3.20. The van der Waals surface area contributed by atoms with Crippen molar-refractivity contribution in [3.8, 4) is 0 Å². The van der Waals surface area contributed by atoms with Crippen LogP contribution in [0, 0.1) is 5.92 Å². The number of carbonyl (C=O) groups excluding carboxylic acids is 1. The number of aromatic nitrogens is 3. The van der Waals surface area contributed by atoms with Crippen molar-refractivity contribution in [2.75, 3.05) is 31.1 Å². The largest absolute Gasteiger partial charge is 0.393 e. The second kappa shape index (κ2) is 7.87. The summed E-state index contributed by atoms with van der Waals surface area (Å²) in [6.07, 6.45) is 11.9. The number of nitrogens with zero attached hydrogens (tertiary/aromatic N) is 5. The summed E-state index contributed by atoms with van der Waals surface area (Å²) < 4.78 is 1.83. The molecule has 2 aliphatic carbocycles. The lowest BCUT2D eigenvalue weighted by atomic mass is 9.86. The van der Waals surface area contributed by atoms with Crippen LogP contribution in [0.2, 0.25) is 0 Å². The molecule has 0 spiro atoms. The maximum absolute atomic E-state index is 12.9. The molecule has 1 amide bonds. The van der Waals surface area contributed by atoms with Gasteiger partial charge in [0.2, 0.25) is 5.91 Å². The van der Waals surface area contributed by atoms with Crippen LogP contribution < -0.4 is 4.90 Å². The van der Waals surface area contributed by atoms with Gasteiger partial charge in [-0.25, -0.2) is 0 Å². The molecule has 0 bridgehead atoms. The Hall–Kier alpha value is -2.67. The van der Waals surface area contributed by atoms with Crippen LogP contribution in [-0.4, -0.2) is 63.0 Å². The number of carbonyl (C=O) groups is 1. The third-order valence-electron chi connectivity index (χ3n) is 6.78. The molecule has 0 radical (unpaired) electrons. The van der Waals surface area contributed by atoms with Crippen LogP contribution in [0.25, 0.3) is 11.6 Å². The van der Waals surface area contributed by atoms with E-state index in [4.69, 9.17) is 0 Å². The zero-order chi connectivity index (χ0) is 20.7. The fraction of sp³-hybridized carbons (Fsp3) is 0.522. The van der Waals surface area contributed by atoms with Crippen LogP contribution in [0.3, 0.4) is 0 Å². The number of allylic oxidation sites excluding steroid dienone is 1. The van der Waals surface area contributed by atoms with E-state index < -0.39 is 0 Å². The summed E-state index contributed by atoms with van der Waals surface area (Å²) in [4.78, 5) is 21.9. The Kier molecular flexibility index (Phi) is 5.06. The summed E-state index contributed by atoms with van der Waals surface area (Å²) in [5, 5.41) is 14.0. The van der Waals surface area contributed by atoms with Crippen molar-refractivity contribution in [1.82, 2.24) is 19.7 Å². The molecule has 3 aliphatic rings. The summed E-state index contributed by atoms with van der Waals surface area (Å²) in [5.41, 5.74) is 5.94. The molecule has 158 valence electrons.